The number of ketones is 1. The van der Waals surface area contributed by atoms with Gasteiger partial charge in [0.05, 0.1) is 0 Å². The van der Waals surface area contributed by atoms with Crippen molar-refractivity contribution in [3.63, 3.8) is 0 Å². The van der Waals surface area contributed by atoms with Crippen molar-refractivity contribution in [3.8, 4) is 0 Å². The van der Waals surface area contributed by atoms with E-state index in [1.54, 1.807) is 26.0 Å². The van der Waals surface area contributed by atoms with E-state index in [9.17, 15) is 18.0 Å². The van der Waals surface area contributed by atoms with E-state index in [0.717, 1.165) is 0 Å². The predicted molar refractivity (Wildman–Crippen MR) is 57.6 cm³/mol. The van der Waals surface area contributed by atoms with E-state index in [2.05, 4.69) is 0 Å². The summed E-state index contributed by atoms with van der Waals surface area (Å²) in [5, 5.41) is 0. The van der Waals surface area contributed by atoms with Gasteiger partial charge in [-0.05, 0) is 11.5 Å². The second-order valence-corrected chi connectivity index (χ2v) is 3.57. The number of halogens is 3. The van der Waals surface area contributed by atoms with Gasteiger partial charge in [0, 0.05) is 5.56 Å². The molecular formula is C12H15F3O. The molecular weight excluding hydrogens is 217 g/mol. The van der Waals surface area contributed by atoms with Crippen molar-refractivity contribution in [2.75, 3.05) is 0 Å². The van der Waals surface area contributed by atoms with E-state index >= 15 is 0 Å². The van der Waals surface area contributed by atoms with Gasteiger partial charge in [-0.3, -0.25) is 4.79 Å². The van der Waals surface area contributed by atoms with Gasteiger partial charge in [-0.15, -0.1) is 0 Å². The molecule has 16 heavy (non-hydrogen) atoms. The second kappa shape index (κ2) is 5.14. The van der Waals surface area contributed by atoms with Crippen molar-refractivity contribution < 1.29 is 18.0 Å². The van der Waals surface area contributed by atoms with Gasteiger partial charge in [0.25, 0.3) is 5.78 Å². The highest BCUT2D eigenvalue weighted by Gasteiger charge is 2.40. The predicted octanol–water partition coefficient (Wildman–Crippen LogP) is 4.19. The molecule has 0 aliphatic rings. The Morgan fingerprint density at radius 3 is 2.12 bits per heavy atom. The fourth-order valence-electron chi connectivity index (χ4n) is 1.36. The Hall–Kier alpha value is -1.32. The highest BCUT2D eigenvalue weighted by molar-refractivity contribution is 6.01. The zero-order valence-corrected chi connectivity index (χ0v) is 8.43. The molecule has 4 heteroatoms. The maximum atomic E-state index is 12.2. The first-order valence-corrected chi connectivity index (χ1v) is 4.54. The Balaban J connectivity index is 0.00000225. The number of alkyl halides is 3. The van der Waals surface area contributed by atoms with Crippen LogP contribution in [0.3, 0.4) is 0 Å². The topological polar surface area (TPSA) is 17.1 Å². The molecule has 0 saturated carbocycles. The van der Waals surface area contributed by atoms with Gasteiger partial charge in [-0.25, -0.2) is 0 Å². The first kappa shape index (κ1) is 14.7. The van der Waals surface area contributed by atoms with Crippen molar-refractivity contribution in [2.45, 2.75) is 33.4 Å². The Labute approximate surface area is 93.3 Å². The van der Waals surface area contributed by atoms with E-state index in [4.69, 9.17) is 0 Å². The molecule has 0 N–H and O–H groups in total. The third-order valence-corrected chi connectivity index (χ3v) is 2.08. The second-order valence-electron chi connectivity index (χ2n) is 3.57. The Morgan fingerprint density at radius 1 is 1.19 bits per heavy atom. The molecule has 0 fully saturated rings. The van der Waals surface area contributed by atoms with Gasteiger partial charge in [0.1, 0.15) is 0 Å². The van der Waals surface area contributed by atoms with Crippen LogP contribution in [-0.4, -0.2) is 12.0 Å². The molecule has 1 aromatic rings. The molecule has 0 saturated heterocycles. The summed E-state index contributed by atoms with van der Waals surface area (Å²) in [5.41, 5.74) is 0.180. The number of hydrogen-bond donors (Lipinski definition) is 0. The lowest BCUT2D eigenvalue weighted by Crippen LogP contribution is -2.24. The third-order valence-electron chi connectivity index (χ3n) is 2.08. The summed E-state index contributed by atoms with van der Waals surface area (Å²) in [6, 6.07) is 5.82. The molecule has 1 aromatic carbocycles. The minimum atomic E-state index is -4.80. The Morgan fingerprint density at radius 2 is 1.69 bits per heavy atom. The zero-order chi connectivity index (χ0) is 11.6. The van der Waals surface area contributed by atoms with Gasteiger partial charge in [-0.2, -0.15) is 13.2 Å². The minimum absolute atomic E-state index is 0. The Kier molecular flexibility index (Phi) is 4.72. The lowest BCUT2D eigenvalue weighted by molar-refractivity contribution is -0.0885. The standard InChI is InChI=1S/C11H11F3O.CH4/c1-7(2)8-5-3-4-6-9(8)10(15)11(12,13)14;/h3-7H,1-2H3;1H4. The molecule has 0 atom stereocenters. The molecule has 90 valence electrons. The summed E-state index contributed by atoms with van der Waals surface area (Å²) >= 11 is 0. The highest BCUT2D eigenvalue weighted by Crippen LogP contribution is 2.26. The van der Waals surface area contributed by atoms with Crippen LogP contribution in [-0.2, 0) is 0 Å². The van der Waals surface area contributed by atoms with Crippen LogP contribution < -0.4 is 0 Å². The number of Topliss-reactive ketones (excluding diaryl/α,β-unsaturated/α-hetero) is 1. The fourth-order valence-corrected chi connectivity index (χ4v) is 1.36. The van der Waals surface area contributed by atoms with Crippen LogP contribution in [0.2, 0.25) is 0 Å². The van der Waals surface area contributed by atoms with Crippen LogP contribution in [0.5, 0.6) is 0 Å². The van der Waals surface area contributed by atoms with Gasteiger partial charge in [-0.1, -0.05) is 45.5 Å². The lowest BCUT2D eigenvalue weighted by Gasteiger charge is -2.12. The molecule has 0 aromatic heterocycles. The monoisotopic (exact) mass is 232 g/mol. The molecule has 0 spiro atoms. The maximum Gasteiger partial charge on any atom is 0.454 e. The smallest absolute Gasteiger partial charge is 0.284 e. The molecule has 0 radical (unpaired) electrons. The van der Waals surface area contributed by atoms with E-state index in [-0.39, 0.29) is 18.9 Å². The molecule has 0 aliphatic carbocycles. The van der Waals surface area contributed by atoms with E-state index in [1.165, 1.54) is 12.1 Å². The summed E-state index contributed by atoms with van der Waals surface area (Å²) in [6.45, 7) is 3.50. The number of rotatable bonds is 2. The third kappa shape index (κ3) is 3.08. The summed E-state index contributed by atoms with van der Waals surface area (Å²) in [5.74, 6) is -1.88. The first-order chi connectivity index (χ1) is 6.84. The van der Waals surface area contributed by atoms with Gasteiger partial charge < -0.3 is 0 Å². The minimum Gasteiger partial charge on any atom is -0.284 e. The van der Waals surface area contributed by atoms with Crippen LogP contribution in [0.15, 0.2) is 24.3 Å². The number of carbonyl (C=O) groups is 1. The fraction of sp³-hybridized carbons (Fsp3) is 0.417. The molecule has 1 rings (SSSR count). The maximum absolute atomic E-state index is 12.2. The van der Waals surface area contributed by atoms with Gasteiger partial charge >= 0.3 is 6.18 Å². The normalized spacial score (nSPS) is 11.1. The van der Waals surface area contributed by atoms with Crippen LogP contribution >= 0.6 is 0 Å². The number of benzene rings is 1. The van der Waals surface area contributed by atoms with Crippen molar-refractivity contribution in [2.24, 2.45) is 0 Å². The largest absolute Gasteiger partial charge is 0.454 e. The van der Waals surface area contributed by atoms with Crippen LogP contribution in [0.1, 0.15) is 43.1 Å². The van der Waals surface area contributed by atoms with Crippen molar-refractivity contribution in [1.29, 1.82) is 0 Å². The van der Waals surface area contributed by atoms with Gasteiger partial charge in [0.2, 0.25) is 0 Å². The zero-order valence-electron chi connectivity index (χ0n) is 8.43. The van der Waals surface area contributed by atoms with Crippen molar-refractivity contribution in [3.05, 3.63) is 35.4 Å². The molecule has 1 nitrogen and oxygen atoms in total. The molecule has 0 amide bonds. The first-order valence-electron chi connectivity index (χ1n) is 4.54. The van der Waals surface area contributed by atoms with Crippen molar-refractivity contribution in [1.82, 2.24) is 0 Å². The molecule has 0 unspecified atom stereocenters. The molecule has 0 bridgehead atoms. The SMILES string of the molecule is C.CC(C)c1ccccc1C(=O)C(F)(F)F. The van der Waals surface area contributed by atoms with E-state index in [0.29, 0.717) is 5.56 Å². The van der Waals surface area contributed by atoms with E-state index in [1.807, 2.05) is 0 Å². The summed E-state index contributed by atoms with van der Waals surface area (Å²) in [7, 11) is 0. The molecule has 0 heterocycles. The molecule has 0 aliphatic heterocycles. The summed E-state index contributed by atoms with van der Waals surface area (Å²) in [6.07, 6.45) is -4.80. The highest BCUT2D eigenvalue weighted by atomic mass is 19.4. The van der Waals surface area contributed by atoms with Crippen LogP contribution in [0.25, 0.3) is 0 Å². The van der Waals surface area contributed by atoms with Crippen molar-refractivity contribution >= 4 is 5.78 Å². The summed E-state index contributed by atoms with van der Waals surface area (Å²) in [4.78, 5) is 11.1. The van der Waals surface area contributed by atoms with Gasteiger partial charge in [0.15, 0.2) is 0 Å². The summed E-state index contributed by atoms with van der Waals surface area (Å²) < 4.78 is 36.7. The quantitative estimate of drug-likeness (QED) is 0.699. The lowest BCUT2D eigenvalue weighted by atomic mass is 9.95. The average molecular weight is 232 g/mol. The van der Waals surface area contributed by atoms with Crippen LogP contribution in [0.4, 0.5) is 13.2 Å². The average Bonchev–Trinajstić information content (AvgIpc) is 2.15. The van der Waals surface area contributed by atoms with Crippen LogP contribution in [0, 0.1) is 0 Å². The Bertz CT molecular complexity index is 367. The van der Waals surface area contributed by atoms with E-state index < -0.39 is 12.0 Å². The number of carbonyl (C=O) groups excluding carboxylic acids is 1. The number of hydrogen-bond acceptors (Lipinski definition) is 1.